The van der Waals surface area contributed by atoms with Gasteiger partial charge in [-0.2, -0.15) is 0 Å². The Balaban J connectivity index is 2.15. The number of hydrogen-bond donors (Lipinski definition) is 1. The standard InChI is InChI=1S/C13H10BrFN2OS/c14-8-3-7(4-9(15)5-8)12-16-11-1-2-18-6-10(11)13(19)17-12/h3-5H,1-2,6H2,(H,16,17,19). The summed E-state index contributed by atoms with van der Waals surface area (Å²) in [6, 6.07) is 4.65. The Kier molecular flexibility index (Phi) is 3.47. The van der Waals surface area contributed by atoms with Crippen LogP contribution in [-0.4, -0.2) is 16.6 Å². The summed E-state index contributed by atoms with van der Waals surface area (Å²) in [5.41, 5.74) is 2.63. The molecular weight excluding hydrogens is 331 g/mol. The minimum atomic E-state index is -0.313. The second kappa shape index (κ2) is 5.11. The zero-order chi connectivity index (χ0) is 13.4. The molecule has 1 aromatic carbocycles. The maximum Gasteiger partial charge on any atom is 0.139 e. The molecule has 19 heavy (non-hydrogen) atoms. The Hall–Kier alpha value is -1.11. The van der Waals surface area contributed by atoms with Gasteiger partial charge in [0.2, 0.25) is 0 Å². The molecule has 2 aromatic rings. The molecule has 0 aliphatic carbocycles. The predicted octanol–water partition coefficient (Wildman–Crippen LogP) is 3.78. The van der Waals surface area contributed by atoms with Crippen LogP contribution in [0.25, 0.3) is 11.4 Å². The summed E-state index contributed by atoms with van der Waals surface area (Å²) in [6.45, 7) is 1.15. The van der Waals surface area contributed by atoms with Gasteiger partial charge in [0.25, 0.3) is 0 Å². The lowest BCUT2D eigenvalue weighted by molar-refractivity contribution is 0.108. The van der Waals surface area contributed by atoms with Crippen LogP contribution >= 0.6 is 28.1 Å². The normalized spacial score (nSPS) is 14.2. The third-order valence-electron chi connectivity index (χ3n) is 2.98. The highest BCUT2D eigenvalue weighted by Gasteiger charge is 2.14. The van der Waals surface area contributed by atoms with Gasteiger partial charge in [0.1, 0.15) is 16.3 Å². The van der Waals surface area contributed by atoms with Gasteiger partial charge in [0.15, 0.2) is 0 Å². The van der Waals surface area contributed by atoms with Crippen LogP contribution in [0, 0.1) is 10.5 Å². The van der Waals surface area contributed by atoms with Crippen molar-refractivity contribution in [2.24, 2.45) is 0 Å². The van der Waals surface area contributed by atoms with E-state index < -0.39 is 0 Å². The summed E-state index contributed by atoms with van der Waals surface area (Å²) in [6.07, 6.45) is 0.769. The maximum absolute atomic E-state index is 13.4. The van der Waals surface area contributed by atoms with Crippen molar-refractivity contribution >= 4 is 28.1 Å². The summed E-state index contributed by atoms with van der Waals surface area (Å²) in [5, 5.41) is 0. The van der Waals surface area contributed by atoms with E-state index in [1.165, 1.54) is 12.1 Å². The molecule has 3 rings (SSSR count). The van der Waals surface area contributed by atoms with Crippen molar-refractivity contribution in [2.45, 2.75) is 13.0 Å². The van der Waals surface area contributed by atoms with E-state index in [1.54, 1.807) is 0 Å². The van der Waals surface area contributed by atoms with E-state index in [0.717, 1.165) is 17.7 Å². The molecule has 2 heterocycles. The van der Waals surface area contributed by atoms with Crippen LogP contribution in [0.5, 0.6) is 0 Å². The Morgan fingerprint density at radius 1 is 1.37 bits per heavy atom. The largest absolute Gasteiger partial charge is 0.376 e. The average Bonchev–Trinajstić information content (AvgIpc) is 2.37. The number of hydrogen-bond acceptors (Lipinski definition) is 3. The lowest BCUT2D eigenvalue weighted by Crippen LogP contribution is -2.14. The van der Waals surface area contributed by atoms with Gasteiger partial charge < -0.3 is 9.72 Å². The zero-order valence-corrected chi connectivity index (χ0v) is 12.3. The number of halogens is 2. The average molecular weight is 341 g/mol. The first-order valence-electron chi connectivity index (χ1n) is 5.80. The Morgan fingerprint density at radius 2 is 2.21 bits per heavy atom. The van der Waals surface area contributed by atoms with Crippen LogP contribution in [0.3, 0.4) is 0 Å². The van der Waals surface area contributed by atoms with E-state index in [1.807, 2.05) is 6.07 Å². The molecule has 0 spiro atoms. The Labute approximate surface area is 123 Å². The molecule has 3 nitrogen and oxygen atoms in total. The van der Waals surface area contributed by atoms with Crippen LogP contribution in [0.4, 0.5) is 4.39 Å². The lowest BCUT2D eigenvalue weighted by Gasteiger charge is -2.17. The number of aromatic amines is 1. The Bertz CT molecular complexity index is 681. The van der Waals surface area contributed by atoms with E-state index >= 15 is 0 Å². The smallest absolute Gasteiger partial charge is 0.139 e. The fraction of sp³-hybridized carbons (Fsp3) is 0.231. The van der Waals surface area contributed by atoms with Gasteiger partial charge in [-0.1, -0.05) is 28.1 Å². The third kappa shape index (κ3) is 2.61. The van der Waals surface area contributed by atoms with Crippen LogP contribution < -0.4 is 0 Å². The number of nitrogens with one attached hydrogen (secondary N) is 1. The molecule has 0 fully saturated rings. The molecule has 0 atom stereocenters. The highest BCUT2D eigenvalue weighted by Crippen LogP contribution is 2.24. The molecule has 0 saturated carbocycles. The van der Waals surface area contributed by atoms with Gasteiger partial charge in [-0.25, -0.2) is 9.37 Å². The second-order valence-electron chi connectivity index (χ2n) is 4.31. The van der Waals surface area contributed by atoms with E-state index in [2.05, 4.69) is 25.9 Å². The van der Waals surface area contributed by atoms with Crippen molar-refractivity contribution in [3.05, 3.63) is 44.4 Å². The molecule has 1 aliphatic heterocycles. The highest BCUT2D eigenvalue weighted by atomic mass is 79.9. The van der Waals surface area contributed by atoms with Gasteiger partial charge in [-0.05, 0) is 18.2 Å². The summed E-state index contributed by atoms with van der Waals surface area (Å²) in [7, 11) is 0. The van der Waals surface area contributed by atoms with Gasteiger partial charge in [0.05, 0.1) is 13.2 Å². The molecule has 6 heteroatoms. The van der Waals surface area contributed by atoms with E-state index in [4.69, 9.17) is 17.0 Å². The van der Waals surface area contributed by atoms with Crippen molar-refractivity contribution in [2.75, 3.05) is 6.61 Å². The third-order valence-corrected chi connectivity index (χ3v) is 3.78. The first-order chi connectivity index (χ1) is 9.13. The minimum Gasteiger partial charge on any atom is -0.376 e. The van der Waals surface area contributed by atoms with Crippen molar-refractivity contribution in [3.63, 3.8) is 0 Å². The fourth-order valence-electron chi connectivity index (χ4n) is 2.08. The number of H-pyrrole nitrogens is 1. The number of fused-ring (bicyclic) bond motifs is 1. The van der Waals surface area contributed by atoms with Crippen molar-refractivity contribution in [3.8, 4) is 11.4 Å². The quantitative estimate of drug-likeness (QED) is 0.803. The van der Waals surface area contributed by atoms with Gasteiger partial charge in [0, 0.05) is 27.7 Å². The van der Waals surface area contributed by atoms with Crippen molar-refractivity contribution in [1.82, 2.24) is 9.97 Å². The van der Waals surface area contributed by atoms with Gasteiger partial charge in [-0.15, -0.1) is 0 Å². The molecule has 1 N–H and O–H groups in total. The molecule has 0 amide bonds. The van der Waals surface area contributed by atoms with Crippen LogP contribution in [0.2, 0.25) is 0 Å². The highest BCUT2D eigenvalue weighted by molar-refractivity contribution is 9.10. The topological polar surface area (TPSA) is 37.9 Å². The lowest BCUT2D eigenvalue weighted by atomic mass is 10.1. The van der Waals surface area contributed by atoms with Gasteiger partial charge in [-0.3, -0.25) is 0 Å². The van der Waals surface area contributed by atoms with E-state index in [0.29, 0.717) is 33.7 Å². The molecule has 0 bridgehead atoms. The first kappa shape index (κ1) is 12.9. The maximum atomic E-state index is 13.4. The van der Waals surface area contributed by atoms with Crippen molar-refractivity contribution in [1.29, 1.82) is 0 Å². The molecule has 0 radical (unpaired) electrons. The molecule has 0 unspecified atom stereocenters. The zero-order valence-electron chi connectivity index (χ0n) is 9.87. The van der Waals surface area contributed by atoms with Gasteiger partial charge >= 0.3 is 0 Å². The van der Waals surface area contributed by atoms with Crippen LogP contribution in [0.1, 0.15) is 11.3 Å². The first-order valence-corrected chi connectivity index (χ1v) is 7.00. The molecule has 1 aromatic heterocycles. The van der Waals surface area contributed by atoms with Crippen LogP contribution in [-0.2, 0) is 17.8 Å². The summed E-state index contributed by atoms with van der Waals surface area (Å²) in [5.74, 6) is 0.275. The fourth-order valence-corrected chi connectivity index (χ4v) is 2.82. The number of aromatic nitrogens is 2. The van der Waals surface area contributed by atoms with E-state index in [-0.39, 0.29) is 5.82 Å². The number of benzene rings is 1. The number of rotatable bonds is 1. The SMILES string of the molecule is Fc1cc(Br)cc(-c2nc(=S)c3c([nH]2)CCOC3)c1. The summed E-state index contributed by atoms with van der Waals surface area (Å²) in [4.78, 5) is 7.56. The summed E-state index contributed by atoms with van der Waals surface area (Å²) >= 11 is 8.55. The van der Waals surface area contributed by atoms with Crippen molar-refractivity contribution < 1.29 is 9.13 Å². The number of nitrogens with zero attached hydrogens (tertiary/aromatic N) is 1. The molecule has 0 saturated heterocycles. The summed E-state index contributed by atoms with van der Waals surface area (Å²) < 4.78 is 20.0. The molecule has 1 aliphatic rings. The monoisotopic (exact) mass is 340 g/mol. The molecule has 98 valence electrons. The minimum absolute atomic E-state index is 0.313. The van der Waals surface area contributed by atoms with Crippen LogP contribution in [0.15, 0.2) is 22.7 Å². The molecular formula is C13H10BrFN2OS. The predicted molar refractivity (Wildman–Crippen MR) is 75.9 cm³/mol. The number of ether oxygens (including phenoxy) is 1. The Morgan fingerprint density at radius 3 is 3.00 bits per heavy atom. The second-order valence-corrected chi connectivity index (χ2v) is 5.61. The van der Waals surface area contributed by atoms with E-state index in [9.17, 15) is 4.39 Å².